The topological polar surface area (TPSA) is 57.6 Å². The highest BCUT2D eigenvalue weighted by atomic mass is 16.4. The fourth-order valence-electron chi connectivity index (χ4n) is 1.90. The van der Waals surface area contributed by atoms with E-state index >= 15 is 0 Å². The van der Waals surface area contributed by atoms with E-state index in [4.69, 9.17) is 0 Å². The fourth-order valence-corrected chi connectivity index (χ4v) is 1.90. The van der Waals surface area contributed by atoms with Crippen LogP contribution in [0.1, 0.15) is 54.4 Å². The van der Waals surface area contributed by atoms with E-state index in [1.165, 1.54) is 0 Å². The van der Waals surface area contributed by atoms with E-state index in [1.54, 1.807) is 11.8 Å². The van der Waals surface area contributed by atoms with Gasteiger partial charge in [-0.2, -0.15) is 0 Å². The van der Waals surface area contributed by atoms with Crippen molar-refractivity contribution < 1.29 is 14.7 Å². The van der Waals surface area contributed by atoms with E-state index in [9.17, 15) is 14.7 Å². The largest absolute Gasteiger partial charge is 0.481 e. The van der Waals surface area contributed by atoms with Crippen LogP contribution in [0.4, 0.5) is 0 Å². The zero-order chi connectivity index (χ0) is 14.5. The monoisotopic (exact) mass is 257 g/mol. The number of hydrogen-bond donors (Lipinski definition) is 1. The fraction of sp³-hybridized carbons (Fsp3) is 0.857. The first-order valence-corrected chi connectivity index (χ1v) is 6.73. The third kappa shape index (κ3) is 3.72. The van der Waals surface area contributed by atoms with E-state index in [-0.39, 0.29) is 24.3 Å². The molecule has 0 aromatic rings. The molecule has 0 bridgehead atoms. The maximum absolute atomic E-state index is 12.3. The Kier molecular flexibility index (Phi) is 6.36. The summed E-state index contributed by atoms with van der Waals surface area (Å²) < 4.78 is 0. The SMILES string of the molecule is CCC(C)N(CC)C(=O)CC(C)(C(=O)O)C(C)C. The van der Waals surface area contributed by atoms with Crippen LogP contribution in [0.15, 0.2) is 0 Å². The van der Waals surface area contributed by atoms with Crippen LogP contribution >= 0.6 is 0 Å². The molecule has 106 valence electrons. The molecule has 1 N–H and O–H groups in total. The van der Waals surface area contributed by atoms with Crippen LogP contribution in [0.2, 0.25) is 0 Å². The van der Waals surface area contributed by atoms with Crippen molar-refractivity contribution in [3.63, 3.8) is 0 Å². The first kappa shape index (κ1) is 16.9. The first-order valence-electron chi connectivity index (χ1n) is 6.73. The summed E-state index contributed by atoms with van der Waals surface area (Å²) in [6, 6.07) is 0.160. The quantitative estimate of drug-likeness (QED) is 0.763. The Bertz CT molecular complexity index is 301. The zero-order valence-corrected chi connectivity index (χ0v) is 12.5. The van der Waals surface area contributed by atoms with Gasteiger partial charge in [-0.3, -0.25) is 9.59 Å². The number of carboxylic acid groups (broad SMARTS) is 1. The van der Waals surface area contributed by atoms with Gasteiger partial charge in [0.25, 0.3) is 0 Å². The van der Waals surface area contributed by atoms with Crippen molar-refractivity contribution in [2.24, 2.45) is 11.3 Å². The normalized spacial score (nSPS) is 16.2. The lowest BCUT2D eigenvalue weighted by atomic mass is 9.76. The maximum atomic E-state index is 12.3. The number of carbonyl (C=O) groups is 2. The van der Waals surface area contributed by atoms with Gasteiger partial charge in [-0.25, -0.2) is 0 Å². The van der Waals surface area contributed by atoms with Crippen molar-refractivity contribution in [1.29, 1.82) is 0 Å². The molecule has 0 fully saturated rings. The highest BCUT2D eigenvalue weighted by molar-refractivity contribution is 5.85. The molecule has 4 heteroatoms. The molecule has 2 atom stereocenters. The molecule has 0 radical (unpaired) electrons. The smallest absolute Gasteiger partial charge is 0.310 e. The van der Waals surface area contributed by atoms with E-state index in [2.05, 4.69) is 0 Å². The van der Waals surface area contributed by atoms with Gasteiger partial charge in [-0.05, 0) is 33.1 Å². The van der Waals surface area contributed by atoms with Gasteiger partial charge < -0.3 is 10.0 Å². The van der Waals surface area contributed by atoms with Crippen molar-refractivity contribution >= 4 is 11.9 Å². The summed E-state index contributed by atoms with van der Waals surface area (Å²) in [4.78, 5) is 25.4. The Hall–Kier alpha value is -1.06. The number of carbonyl (C=O) groups excluding carboxylic acids is 1. The number of nitrogens with zero attached hydrogens (tertiary/aromatic N) is 1. The molecule has 18 heavy (non-hydrogen) atoms. The van der Waals surface area contributed by atoms with Gasteiger partial charge in [0.15, 0.2) is 0 Å². The van der Waals surface area contributed by atoms with Crippen molar-refractivity contribution in [1.82, 2.24) is 4.90 Å². The molecule has 0 aliphatic carbocycles. The molecule has 0 aromatic carbocycles. The summed E-state index contributed by atoms with van der Waals surface area (Å²) in [7, 11) is 0. The molecule has 0 aromatic heterocycles. The Morgan fingerprint density at radius 3 is 2.00 bits per heavy atom. The second-order valence-corrected chi connectivity index (χ2v) is 5.49. The molecule has 0 saturated heterocycles. The van der Waals surface area contributed by atoms with Crippen LogP contribution in [0.25, 0.3) is 0 Å². The number of carboxylic acids is 1. The molecule has 0 rings (SSSR count). The summed E-state index contributed by atoms with van der Waals surface area (Å²) in [6.45, 7) is 11.9. The molecule has 0 aliphatic heterocycles. The van der Waals surface area contributed by atoms with Crippen LogP contribution in [-0.4, -0.2) is 34.5 Å². The van der Waals surface area contributed by atoms with Crippen molar-refractivity contribution in [3.05, 3.63) is 0 Å². The number of hydrogen-bond acceptors (Lipinski definition) is 2. The third-order valence-corrected chi connectivity index (χ3v) is 4.07. The molecule has 0 aliphatic rings. The molecular formula is C14H27NO3. The van der Waals surface area contributed by atoms with Crippen LogP contribution in [0.3, 0.4) is 0 Å². The standard InChI is InChI=1S/C14H27NO3/c1-7-11(5)15(8-2)12(16)9-14(6,10(3)4)13(17)18/h10-11H,7-9H2,1-6H3,(H,17,18). The summed E-state index contributed by atoms with van der Waals surface area (Å²) >= 11 is 0. The van der Waals surface area contributed by atoms with Crippen molar-refractivity contribution in [2.45, 2.75) is 60.4 Å². The minimum atomic E-state index is -0.988. The minimum Gasteiger partial charge on any atom is -0.481 e. The van der Waals surface area contributed by atoms with Crippen molar-refractivity contribution in [3.8, 4) is 0 Å². The van der Waals surface area contributed by atoms with Gasteiger partial charge >= 0.3 is 5.97 Å². The molecule has 0 heterocycles. The van der Waals surface area contributed by atoms with Crippen LogP contribution in [0.5, 0.6) is 0 Å². The zero-order valence-electron chi connectivity index (χ0n) is 12.5. The third-order valence-electron chi connectivity index (χ3n) is 4.07. The maximum Gasteiger partial charge on any atom is 0.310 e. The summed E-state index contributed by atoms with van der Waals surface area (Å²) in [5, 5.41) is 9.33. The number of amides is 1. The Morgan fingerprint density at radius 2 is 1.72 bits per heavy atom. The molecular weight excluding hydrogens is 230 g/mol. The molecule has 0 saturated carbocycles. The van der Waals surface area contributed by atoms with Gasteiger partial charge in [-0.1, -0.05) is 20.8 Å². The Labute approximate surface area is 110 Å². The predicted octanol–water partition coefficient (Wildman–Crippen LogP) is 2.77. The van der Waals surface area contributed by atoms with Crippen molar-refractivity contribution in [2.75, 3.05) is 6.54 Å². The van der Waals surface area contributed by atoms with Gasteiger partial charge in [0.05, 0.1) is 5.41 Å². The van der Waals surface area contributed by atoms with Crippen LogP contribution < -0.4 is 0 Å². The molecule has 0 spiro atoms. The minimum absolute atomic E-state index is 0.0644. The number of aliphatic carboxylic acids is 1. The summed E-state index contributed by atoms with van der Waals surface area (Å²) in [5.74, 6) is -1.04. The highest BCUT2D eigenvalue weighted by Crippen LogP contribution is 2.32. The van der Waals surface area contributed by atoms with E-state index in [0.29, 0.717) is 6.54 Å². The average Bonchev–Trinajstić information content (AvgIpc) is 2.28. The van der Waals surface area contributed by atoms with E-state index in [1.807, 2.05) is 34.6 Å². The van der Waals surface area contributed by atoms with Gasteiger partial charge in [-0.15, -0.1) is 0 Å². The van der Waals surface area contributed by atoms with E-state index < -0.39 is 11.4 Å². The second kappa shape index (κ2) is 6.76. The lowest BCUT2D eigenvalue weighted by Crippen LogP contribution is -2.44. The molecule has 4 nitrogen and oxygen atoms in total. The molecule has 2 unspecified atom stereocenters. The Balaban J connectivity index is 4.95. The lowest BCUT2D eigenvalue weighted by Gasteiger charge is -2.33. The van der Waals surface area contributed by atoms with Crippen LogP contribution in [0, 0.1) is 11.3 Å². The highest BCUT2D eigenvalue weighted by Gasteiger charge is 2.40. The lowest BCUT2D eigenvalue weighted by molar-refractivity contribution is -0.156. The average molecular weight is 257 g/mol. The predicted molar refractivity (Wildman–Crippen MR) is 72.3 cm³/mol. The summed E-state index contributed by atoms with van der Waals surface area (Å²) in [5.41, 5.74) is -0.988. The van der Waals surface area contributed by atoms with E-state index in [0.717, 1.165) is 6.42 Å². The molecule has 1 amide bonds. The van der Waals surface area contributed by atoms with Gasteiger partial charge in [0.2, 0.25) is 5.91 Å². The Morgan fingerprint density at radius 1 is 1.22 bits per heavy atom. The van der Waals surface area contributed by atoms with Gasteiger partial charge in [0, 0.05) is 19.0 Å². The van der Waals surface area contributed by atoms with Gasteiger partial charge in [0.1, 0.15) is 0 Å². The summed E-state index contributed by atoms with van der Waals surface area (Å²) in [6.07, 6.45) is 0.948. The second-order valence-electron chi connectivity index (χ2n) is 5.49. The first-order chi connectivity index (χ1) is 8.20. The number of rotatable bonds is 7. The van der Waals surface area contributed by atoms with Crippen LogP contribution in [-0.2, 0) is 9.59 Å².